The summed E-state index contributed by atoms with van der Waals surface area (Å²) < 4.78 is 21.9. The van der Waals surface area contributed by atoms with Gasteiger partial charge in [0, 0.05) is 43.3 Å². The molecule has 0 unspecified atom stereocenters. The molecule has 4 rings (SSSR count). The summed E-state index contributed by atoms with van der Waals surface area (Å²) in [7, 11) is 3.21. The number of nitrogens with one attached hydrogen (secondary N) is 2. The second-order valence-electron chi connectivity index (χ2n) is 7.41. The van der Waals surface area contributed by atoms with Crippen molar-refractivity contribution in [2.45, 2.75) is 0 Å². The van der Waals surface area contributed by atoms with Gasteiger partial charge in [-0.15, -0.1) is 0 Å². The Morgan fingerprint density at radius 3 is 2.42 bits per heavy atom. The van der Waals surface area contributed by atoms with Crippen LogP contribution in [-0.2, 0) is 4.74 Å². The van der Waals surface area contributed by atoms with Crippen molar-refractivity contribution in [2.24, 2.45) is 0 Å². The summed E-state index contributed by atoms with van der Waals surface area (Å²) in [5.74, 6) is 3.28. The zero-order chi connectivity index (χ0) is 22.9. The van der Waals surface area contributed by atoms with Crippen LogP contribution in [0.15, 0.2) is 54.7 Å². The summed E-state index contributed by atoms with van der Waals surface area (Å²) in [5.41, 5.74) is 1.70. The highest BCUT2D eigenvalue weighted by atomic mass is 16.5. The number of hydrogen-bond acceptors (Lipinski definition) is 9. The average molecular weight is 452 g/mol. The molecule has 9 heteroatoms. The van der Waals surface area contributed by atoms with E-state index in [0.29, 0.717) is 29.9 Å². The van der Waals surface area contributed by atoms with Gasteiger partial charge in [-0.05, 0) is 42.5 Å². The molecule has 33 heavy (non-hydrogen) atoms. The molecule has 1 saturated heterocycles. The summed E-state index contributed by atoms with van der Waals surface area (Å²) in [6.45, 7) is 5.08. The number of anilines is 4. The standard InChI is InChI=1S/C24H29N5O4/c1-30-21-8-5-19(17-22(21)31-2)26-23-9-10-25-24(28-23)27-18-3-6-20(7-4-18)33-16-13-29-11-14-32-15-12-29/h3-10,17H,11-16H2,1-2H3,(H2,25,26,27,28). The molecule has 2 aromatic carbocycles. The van der Waals surface area contributed by atoms with E-state index in [0.717, 1.165) is 50.0 Å². The van der Waals surface area contributed by atoms with Crippen molar-refractivity contribution in [3.05, 3.63) is 54.7 Å². The first-order valence-electron chi connectivity index (χ1n) is 10.9. The quantitative estimate of drug-likeness (QED) is 0.479. The average Bonchev–Trinajstić information content (AvgIpc) is 2.86. The molecule has 2 N–H and O–H groups in total. The Kier molecular flexibility index (Phi) is 7.78. The van der Waals surface area contributed by atoms with Gasteiger partial charge in [-0.2, -0.15) is 4.98 Å². The summed E-state index contributed by atoms with van der Waals surface area (Å²) in [6, 6.07) is 15.2. The van der Waals surface area contributed by atoms with Gasteiger partial charge >= 0.3 is 0 Å². The van der Waals surface area contributed by atoms with Crippen molar-refractivity contribution < 1.29 is 18.9 Å². The van der Waals surface area contributed by atoms with E-state index in [4.69, 9.17) is 18.9 Å². The van der Waals surface area contributed by atoms with Crippen molar-refractivity contribution in [3.8, 4) is 17.2 Å². The Morgan fingerprint density at radius 1 is 0.909 bits per heavy atom. The van der Waals surface area contributed by atoms with Gasteiger partial charge in [0.2, 0.25) is 5.95 Å². The molecular formula is C24H29N5O4. The molecule has 0 radical (unpaired) electrons. The molecule has 1 aliphatic heterocycles. The molecule has 0 bridgehead atoms. The van der Waals surface area contributed by atoms with E-state index in [1.54, 1.807) is 26.5 Å². The highest BCUT2D eigenvalue weighted by Gasteiger charge is 2.10. The number of rotatable bonds is 10. The fourth-order valence-corrected chi connectivity index (χ4v) is 3.43. The van der Waals surface area contributed by atoms with Crippen LogP contribution in [0.4, 0.5) is 23.1 Å². The molecule has 1 fully saturated rings. The SMILES string of the molecule is COc1ccc(Nc2ccnc(Nc3ccc(OCCN4CCOCC4)cc3)n2)cc1OC. The van der Waals surface area contributed by atoms with Crippen LogP contribution in [0, 0.1) is 0 Å². The van der Waals surface area contributed by atoms with Gasteiger partial charge in [-0.1, -0.05) is 0 Å². The predicted molar refractivity (Wildman–Crippen MR) is 127 cm³/mol. The number of hydrogen-bond donors (Lipinski definition) is 2. The van der Waals surface area contributed by atoms with Crippen LogP contribution in [0.2, 0.25) is 0 Å². The molecule has 0 aliphatic carbocycles. The lowest BCUT2D eigenvalue weighted by molar-refractivity contribution is 0.0322. The Morgan fingerprint density at radius 2 is 1.67 bits per heavy atom. The highest BCUT2D eigenvalue weighted by molar-refractivity contribution is 5.63. The topological polar surface area (TPSA) is 90.0 Å². The van der Waals surface area contributed by atoms with E-state index >= 15 is 0 Å². The number of methoxy groups -OCH3 is 2. The normalized spacial score (nSPS) is 13.9. The lowest BCUT2D eigenvalue weighted by Crippen LogP contribution is -2.38. The number of benzene rings is 2. The van der Waals surface area contributed by atoms with Crippen LogP contribution in [0.5, 0.6) is 17.2 Å². The molecule has 174 valence electrons. The van der Waals surface area contributed by atoms with Gasteiger partial charge in [-0.3, -0.25) is 4.90 Å². The number of ether oxygens (including phenoxy) is 4. The van der Waals surface area contributed by atoms with E-state index in [2.05, 4.69) is 25.5 Å². The highest BCUT2D eigenvalue weighted by Crippen LogP contribution is 2.31. The van der Waals surface area contributed by atoms with E-state index < -0.39 is 0 Å². The maximum atomic E-state index is 5.86. The van der Waals surface area contributed by atoms with E-state index in [-0.39, 0.29) is 0 Å². The van der Waals surface area contributed by atoms with Gasteiger partial charge in [0.25, 0.3) is 0 Å². The van der Waals surface area contributed by atoms with Gasteiger partial charge in [-0.25, -0.2) is 4.98 Å². The predicted octanol–water partition coefficient (Wildman–Crippen LogP) is 3.69. The molecule has 0 saturated carbocycles. The molecule has 2 heterocycles. The minimum absolute atomic E-state index is 0.487. The van der Waals surface area contributed by atoms with Crippen LogP contribution < -0.4 is 24.8 Å². The van der Waals surface area contributed by atoms with Gasteiger partial charge < -0.3 is 29.6 Å². The largest absolute Gasteiger partial charge is 0.493 e. The molecule has 0 spiro atoms. The third-order valence-electron chi connectivity index (χ3n) is 5.20. The molecule has 1 aromatic heterocycles. The third kappa shape index (κ3) is 6.47. The van der Waals surface area contributed by atoms with E-state index in [1.165, 1.54) is 0 Å². The third-order valence-corrected chi connectivity index (χ3v) is 5.20. The Labute approximate surface area is 193 Å². The van der Waals surface area contributed by atoms with Crippen LogP contribution in [0.25, 0.3) is 0 Å². The van der Waals surface area contributed by atoms with Crippen molar-refractivity contribution in [1.82, 2.24) is 14.9 Å². The van der Waals surface area contributed by atoms with E-state index in [1.807, 2.05) is 42.5 Å². The second-order valence-corrected chi connectivity index (χ2v) is 7.41. The van der Waals surface area contributed by atoms with Crippen LogP contribution in [0.3, 0.4) is 0 Å². The fourth-order valence-electron chi connectivity index (χ4n) is 3.43. The van der Waals surface area contributed by atoms with Gasteiger partial charge in [0.05, 0.1) is 27.4 Å². The maximum Gasteiger partial charge on any atom is 0.229 e. The fraction of sp³-hybridized carbons (Fsp3) is 0.333. The Balaban J connectivity index is 1.31. The first-order chi connectivity index (χ1) is 16.2. The molecule has 0 amide bonds. The zero-order valence-corrected chi connectivity index (χ0v) is 18.9. The summed E-state index contributed by atoms with van der Waals surface area (Å²) in [5, 5.41) is 6.48. The second kappa shape index (κ2) is 11.3. The smallest absolute Gasteiger partial charge is 0.229 e. The minimum atomic E-state index is 0.487. The van der Waals surface area contributed by atoms with Crippen molar-refractivity contribution in [3.63, 3.8) is 0 Å². The summed E-state index contributed by atoms with van der Waals surface area (Å²) >= 11 is 0. The zero-order valence-electron chi connectivity index (χ0n) is 18.9. The molecule has 9 nitrogen and oxygen atoms in total. The molecule has 3 aromatic rings. The van der Waals surface area contributed by atoms with Crippen LogP contribution in [-0.4, -0.2) is 68.5 Å². The van der Waals surface area contributed by atoms with Gasteiger partial charge in [0.1, 0.15) is 18.2 Å². The number of nitrogens with zero attached hydrogens (tertiary/aromatic N) is 3. The maximum absolute atomic E-state index is 5.86. The minimum Gasteiger partial charge on any atom is -0.493 e. The van der Waals surface area contributed by atoms with Crippen molar-refractivity contribution in [2.75, 3.05) is 64.3 Å². The number of aromatic nitrogens is 2. The first kappa shape index (κ1) is 22.6. The van der Waals surface area contributed by atoms with Crippen molar-refractivity contribution in [1.29, 1.82) is 0 Å². The van der Waals surface area contributed by atoms with E-state index in [9.17, 15) is 0 Å². The summed E-state index contributed by atoms with van der Waals surface area (Å²) in [6.07, 6.45) is 1.70. The van der Waals surface area contributed by atoms with Crippen LogP contribution in [0.1, 0.15) is 0 Å². The molecule has 1 aliphatic rings. The van der Waals surface area contributed by atoms with Gasteiger partial charge in [0.15, 0.2) is 11.5 Å². The molecule has 0 atom stereocenters. The van der Waals surface area contributed by atoms with Crippen LogP contribution >= 0.6 is 0 Å². The lowest BCUT2D eigenvalue weighted by atomic mass is 10.2. The lowest BCUT2D eigenvalue weighted by Gasteiger charge is -2.26. The number of morpholine rings is 1. The van der Waals surface area contributed by atoms with Crippen molar-refractivity contribution >= 4 is 23.1 Å². The summed E-state index contributed by atoms with van der Waals surface area (Å²) in [4.78, 5) is 11.2. The molecular weight excluding hydrogens is 422 g/mol. The first-order valence-corrected chi connectivity index (χ1v) is 10.9. The monoisotopic (exact) mass is 451 g/mol. The Bertz CT molecular complexity index is 1030. The Hall–Kier alpha value is -3.56.